The maximum atomic E-state index is 13.1. The van der Waals surface area contributed by atoms with Crippen molar-refractivity contribution in [3.8, 4) is 5.75 Å². The van der Waals surface area contributed by atoms with Crippen molar-refractivity contribution in [2.75, 3.05) is 25.0 Å². The van der Waals surface area contributed by atoms with Crippen molar-refractivity contribution in [3.05, 3.63) is 24.3 Å². The van der Waals surface area contributed by atoms with E-state index in [1.165, 1.54) is 0 Å². The first kappa shape index (κ1) is 19.5. The maximum absolute atomic E-state index is 13.1. The number of ether oxygens (including phenoxy) is 1. The van der Waals surface area contributed by atoms with E-state index in [4.69, 9.17) is 4.74 Å². The van der Waals surface area contributed by atoms with E-state index >= 15 is 0 Å². The van der Waals surface area contributed by atoms with Crippen molar-refractivity contribution in [2.45, 2.75) is 57.9 Å². The van der Waals surface area contributed by atoms with Crippen LogP contribution >= 0.6 is 0 Å². The molecule has 1 aromatic carbocycles. The van der Waals surface area contributed by atoms with E-state index in [0.717, 1.165) is 51.5 Å². The largest absolute Gasteiger partial charge is 0.492 e. The number of benzene rings is 1. The lowest BCUT2D eigenvalue weighted by molar-refractivity contribution is -0.126. The molecule has 148 valence electrons. The van der Waals surface area contributed by atoms with Crippen LogP contribution in [0.25, 0.3) is 0 Å². The minimum absolute atomic E-state index is 0.0256. The topological polar surface area (TPSA) is 70.7 Å². The summed E-state index contributed by atoms with van der Waals surface area (Å²) in [6.45, 7) is 3.91. The predicted octanol–water partition coefficient (Wildman–Crippen LogP) is 3.78. The van der Waals surface area contributed by atoms with Gasteiger partial charge in [0.1, 0.15) is 5.75 Å². The Morgan fingerprint density at radius 1 is 1.19 bits per heavy atom. The van der Waals surface area contributed by atoms with Gasteiger partial charge in [0.15, 0.2) is 0 Å². The Labute approximate surface area is 161 Å². The zero-order valence-corrected chi connectivity index (χ0v) is 16.2. The highest BCUT2D eigenvalue weighted by Crippen LogP contribution is 2.32. The van der Waals surface area contributed by atoms with Crippen molar-refractivity contribution in [1.29, 1.82) is 0 Å². The first-order valence-corrected chi connectivity index (χ1v) is 10.3. The Balaban J connectivity index is 1.78. The molecule has 2 fully saturated rings. The molecule has 2 N–H and O–H groups in total. The summed E-state index contributed by atoms with van der Waals surface area (Å²) < 4.78 is 5.63. The highest BCUT2D eigenvalue weighted by molar-refractivity contribution is 5.92. The highest BCUT2D eigenvalue weighted by Gasteiger charge is 2.38. The predicted molar refractivity (Wildman–Crippen MR) is 106 cm³/mol. The van der Waals surface area contributed by atoms with Gasteiger partial charge in [-0.3, -0.25) is 4.79 Å². The molecule has 3 amide bonds. The molecule has 1 aromatic rings. The second kappa shape index (κ2) is 9.62. The van der Waals surface area contributed by atoms with Crippen LogP contribution in [-0.4, -0.2) is 42.6 Å². The van der Waals surface area contributed by atoms with Crippen LogP contribution in [0.15, 0.2) is 24.3 Å². The Kier molecular flexibility index (Phi) is 6.96. The molecule has 1 saturated carbocycles. The number of hydrogen-bond donors (Lipinski definition) is 2. The first-order chi connectivity index (χ1) is 13.2. The van der Waals surface area contributed by atoms with Gasteiger partial charge in [-0.25, -0.2) is 4.79 Å². The number of anilines is 1. The molecule has 2 atom stereocenters. The monoisotopic (exact) mass is 373 g/mol. The van der Waals surface area contributed by atoms with Crippen LogP contribution in [0.1, 0.15) is 51.9 Å². The molecule has 6 heteroatoms. The molecule has 1 aliphatic carbocycles. The summed E-state index contributed by atoms with van der Waals surface area (Å²) in [5.41, 5.74) is 0.678. The van der Waals surface area contributed by atoms with Crippen molar-refractivity contribution >= 4 is 17.6 Å². The van der Waals surface area contributed by atoms with E-state index in [9.17, 15) is 9.59 Å². The van der Waals surface area contributed by atoms with E-state index in [-0.39, 0.29) is 23.9 Å². The minimum atomic E-state index is -0.133. The summed E-state index contributed by atoms with van der Waals surface area (Å²) >= 11 is 0. The second-order valence-electron chi connectivity index (χ2n) is 7.36. The van der Waals surface area contributed by atoms with Gasteiger partial charge in [-0.2, -0.15) is 0 Å². The van der Waals surface area contributed by atoms with E-state index in [2.05, 4.69) is 10.6 Å². The molecule has 0 spiro atoms. The number of nitrogens with zero attached hydrogens (tertiary/aromatic N) is 1. The molecule has 0 radical (unpaired) electrons. The molecule has 1 saturated heterocycles. The normalized spacial score (nSPS) is 23.7. The number of para-hydroxylation sites is 2. The quantitative estimate of drug-likeness (QED) is 0.847. The molecular formula is C21H31N3O3. The number of fused-ring (bicyclic) bond motifs is 1. The zero-order valence-electron chi connectivity index (χ0n) is 16.2. The van der Waals surface area contributed by atoms with Gasteiger partial charge in [0.25, 0.3) is 0 Å². The van der Waals surface area contributed by atoms with Crippen LogP contribution < -0.4 is 15.4 Å². The Hall–Kier alpha value is -2.24. The van der Waals surface area contributed by atoms with E-state index in [0.29, 0.717) is 24.6 Å². The number of hydrogen-bond acceptors (Lipinski definition) is 3. The molecule has 0 aromatic heterocycles. The van der Waals surface area contributed by atoms with Crippen LogP contribution in [0.3, 0.4) is 0 Å². The number of rotatable bonds is 3. The molecule has 0 bridgehead atoms. The van der Waals surface area contributed by atoms with Crippen LogP contribution in [0.2, 0.25) is 0 Å². The van der Waals surface area contributed by atoms with Gasteiger partial charge in [-0.05, 0) is 44.7 Å². The number of carbonyl (C=O) groups is 2. The molecule has 6 nitrogen and oxygen atoms in total. The third-order valence-electron chi connectivity index (χ3n) is 5.53. The highest BCUT2D eigenvalue weighted by atomic mass is 16.5. The summed E-state index contributed by atoms with van der Waals surface area (Å²) in [6, 6.07) is 7.34. The summed E-state index contributed by atoms with van der Waals surface area (Å²) in [5, 5.41) is 6.09. The lowest BCUT2D eigenvalue weighted by Gasteiger charge is -2.32. The fraction of sp³-hybridized carbons (Fsp3) is 0.619. The van der Waals surface area contributed by atoms with Crippen molar-refractivity contribution in [2.24, 2.45) is 5.92 Å². The van der Waals surface area contributed by atoms with Gasteiger partial charge >= 0.3 is 6.03 Å². The molecule has 2 aliphatic rings. The van der Waals surface area contributed by atoms with Gasteiger partial charge in [0.05, 0.1) is 18.2 Å². The van der Waals surface area contributed by atoms with Crippen LogP contribution in [0.5, 0.6) is 5.75 Å². The van der Waals surface area contributed by atoms with E-state index < -0.39 is 0 Å². The summed E-state index contributed by atoms with van der Waals surface area (Å²) in [7, 11) is 0. The smallest absolute Gasteiger partial charge is 0.322 e. The Morgan fingerprint density at radius 3 is 2.85 bits per heavy atom. The molecule has 3 rings (SSSR count). The van der Waals surface area contributed by atoms with Gasteiger partial charge in [-0.15, -0.1) is 0 Å². The van der Waals surface area contributed by atoms with Gasteiger partial charge in [0, 0.05) is 19.1 Å². The molecule has 27 heavy (non-hydrogen) atoms. The van der Waals surface area contributed by atoms with Gasteiger partial charge in [-0.1, -0.05) is 31.4 Å². The van der Waals surface area contributed by atoms with Gasteiger partial charge in [0.2, 0.25) is 5.91 Å². The number of carbonyl (C=O) groups excluding carboxylic acids is 2. The molecular weight excluding hydrogens is 342 g/mol. The summed E-state index contributed by atoms with van der Waals surface area (Å²) in [4.78, 5) is 27.6. The molecule has 0 unspecified atom stereocenters. The Morgan fingerprint density at radius 2 is 2.00 bits per heavy atom. The zero-order chi connectivity index (χ0) is 19.1. The SMILES string of the molecule is CCOc1ccccc1NC(=O)N1CCCCCCNC(=O)[C@H]2CCC[C@H]21. The van der Waals surface area contributed by atoms with E-state index in [1.807, 2.05) is 36.1 Å². The van der Waals surface area contributed by atoms with Crippen LogP contribution in [0.4, 0.5) is 10.5 Å². The lowest BCUT2D eigenvalue weighted by atomic mass is 10.0. The summed E-state index contributed by atoms with van der Waals surface area (Å²) in [5.74, 6) is 0.676. The van der Waals surface area contributed by atoms with E-state index in [1.54, 1.807) is 0 Å². The number of amides is 3. The van der Waals surface area contributed by atoms with Crippen molar-refractivity contribution < 1.29 is 14.3 Å². The number of nitrogens with one attached hydrogen (secondary N) is 2. The third-order valence-corrected chi connectivity index (χ3v) is 5.53. The number of urea groups is 1. The minimum Gasteiger partial charge on any atom is -0.492 e. The second-order valence-corrected chi connectivity index (χ2v) is 7.36. The average molecular weight is 373 g/mol. The fourth-order valence-electron chi connectivity index (χ4n) is 4.18. The maximum Gasteiger partial charge on any atom is 0.322 e. The van der Waals surface area contributed by atoms with Gasteiger partial charge < -0.3 is 20.3 Å². The third kappa shape index (κ3) is 4.93. The first-order valence-electron chi connectivity index (χ1n) is 10.3. The standard InChI is InChI=1S/C21H31N3O3/c1-2-27-19-13-6-5-11-17(19)23-21(26)24-15-8-4-3-7-14-22-20(25)16-10-9-12-18(16)24/h5-6,11,13,16,18H,2-4,7-10,12,14-15H2,1H3,(H,22,25)(H,23,26)/t16-,18+/m0/s1. The average Bonchev–Trinajstić information content (AvgIpc) is 3.13. The Bertz CT molecular complexity index is 649. The van der Waals surface area contributed by atoms with Crippen LogP contribution in [-0.2, 0) is 4.79 Å². The fourth-order valence-corrected chi connectivity index (χ4v) is 4.18. The summed E-state index contributed by atoms with van der Waals surface area (Å²) in [6.07, 6.45) is 6.87. The lowest BCUT2D eigenvalue weighted by Crippen LogP contribution is -2.48. The van der Waals surface area contributed by atoms with Crippen LogP contribution in [0, 0.1) is 5.92 Å². The van der Waals surface area contributed by atoms with Crippen molar-refractivity contribution in [3.63, 3.8) is 0 Å². The van der Waals surface area contributed by atoms with Crippen molar-refractivity contribution in [1.82, 2.24) is 10.2 Å². The molecule has 1 heterocycles. The molecule has 1 aliphatic heterocycles.